The van der Waals surface area contributed by atoms with Gasteiger partial charge in [-0.15, -0.1) is 0 Å². The molecule has 0 aromatic carbocycles. The van der Waals surface area contributed by atoms with Crippen molar-refractivity contribution >= 4 is 31.9 Å². The van der Waals surface area contributed by atoms with Crippen LogP contribution in [0.3, 0.4) is 0 Å². The summed E-state index contributed by atoms with van der Waals surface area (Å²) < 4.78 is 10.4. The van der Waals surface area contributed by atoms with Crippen LogP contribution in [0.1, 0.15) is 13.8 Å². The molecule has 0 amide bonds. The van der Waals surface area contributed by atoms with Gasteiger partial charge in [0.25, 0.3) is 0 Å². The predicted octanol–water partition coefficient (Wildman–Crippen LogP) is -0.0168. The Bertz CT molecular complexity index is 476. The fourth-order valence-corrected chi connectivity index (χ4v) is 3.74. The molecule has 0 saturated carbocycles. The maximum Gasteiger partial charge on any atom is 0.124 e. The molecule has 30 heavy (non-hydrogen) atoms. The van der Waals surface area contributed by atoms with Crippen molar-refractivity contribution in [3.63, 3.8) is 0 Å². The third kappa shape index (κ3) is 15.1. The average molecular weight is 1630 g/mol. The standard InChI is InChI=1S/C7H13BrO3.C6H10BrN3O4.5Ac/c1-3-5(9)6(10)4(2)11-7(3)8;7-6-3(9-10-8)5(13)4(12)2(1-11)14-6;;;;;/h3-7,9-10H,1-2H3;2-6,11-13H,1H2;;;;;/t3?,4-,5-,6-,7?;2-,3-,4+,5-,6?;;;;;/m01...../s1. The Labute approximate surface area is 371 Å². The van der Waals surface area contributed by atoms with E-state index in [2.05, 4.69) is 41.9 Å². The van der Waals surface area contributed by atoms with Crippen LogP contribution < -0.4 is 0 Å². The molecule has 2 aliphatic heterocycles. The number of halogens is 2. The second-order valence-corrected chi connectivity index (χ2v) is 7.72. The number of azide groups is 1. The Morgan fingerprint density at radius 2 is 1.33 bits per heavy atom. The van der Waals surface area contributed by atoms with E-state index in [9.17, 15) is 20.4 Å². The van der Waals surface area contributed by atoms with E-state index in [1.165, 1.54) is 0 Å². The molecular weight excluding hydrogens is 1600 g/mol. The molecule has 2 fully saturated rings. The smallest absolute Gasteiger partial charge is 0.124 e. The molecule has 0 spiro atoms. The van der Waals surface area contributed by atoms with Crippen molar-refractivity contribution in [1.82, 2.24) is 0 Å². The minimum atomic E-state index is -1.26. The number of nitrogens with zero attached hydrogens (tertiary/aromatic N) is 3. The third-order valence-corrected chi connectivity index (χ3v) is 5.95. The van der Waals surface area contributed by atoms with E-state index in [-0.39, 0.29) is 237 Å². The molecule has 5 N–H and O–H groups in total. The van der Waals surface area contributed by atoms with Crippen molar-refractivity contribution in [3.8, 4) is 0 Å². The van der Waals surface area contributed by atoms with E-state index in [1.54, 1.807) is 6.92 Å². The van der Waals surface area contributed by atoms with Crippen molar-refractivity contribution in [3.05, 3.63) is 10.4 Å². The molecule has 0 aromatic rings. The maximum absolute atomic E-state index is 9.50. The van der Waals surface area contributed by atoms with Gasteiger partial charge in [-0.05, 0) is 12.5 Å². The van der Waals surface area contributed by atoms with Crippen molar-refractivity contribution in [2.24, 2.45) is 11.0 Å². The van der Waals surface area contributed by atoms with E-state index in [1.807, 2.05) is 6.92 Å². The van der Waals surface area contributed by atoms with Crippen LogP contribution in [0.15, 0.2) is 5.11 Å². The molecule has 2 rings (SSSR count). The minimum Gasteiger partial charge on any atom is -0.394 e. The molecule has 5 radical (unpaired) electrons. The van der Waals surface area contributed by atoms with Crippen LogP contribution >= 0.6 is 31.9 Å². The van der Waals surface area contributed by atoms with Gasteiger partial charge in [0, 0.05) is 231 Å². The van der Waals surface area contributed by atoms with Crippen LogP contribution in [0.5, 0.6) is 0 Å². The van der Waals surface area contributed by atoms with Gasteiger partial charge in [-0.2, -0.15) is 0 Å². The largest absolute Gasteiger partial charge is 0.394 e. The zero-order valence-electron chi connectivity index (χ0n) is 16.5. The van der Waals surface area contributed by atoms with Gasteiger partial charge in [0.2, 0.25) is 0 Å². The second kappa shape index (κ2) is 25.2. The van der Waals surface area contributed by atoms with Crippen molar-refractivity contribution in [2.45, 2.75) is 66.5 Å². The quantitative estimate of drug-likeness (QED) is 0.112. The minimum absolute atomic E-state index is 0. The predicted molar refractivity (Wildman–Crippen MR) is 94.1 cm³/mol. The van der Waals surface area contributed by atoms with E-state index < -0.39 is 48.2 Å². The zero-order chi connectivity index (χ0) is 19.3. The molecule has 0 aliphatic carbocycles. The molecule has 0 bridgehead atoms. The summed E-state index contributed by atoms with van der Waals surface area (Å²) in [6.45, 7) is 3.16. The van der Waals surface area contributed by atoms with Crippen LogP contribution in [0.2, 0.25) is 0 Å². The summed E-state index contributed by atoms with van der Waals surface area (Å²) in [7, 11) is 0. The fourth-order valence-electron chi connectivity index (χ4n) is 2.39. The van der Waals surface area contributed by atoms with Gasteiger partial charge < -0.3 is 35.0 Å². The van der Waals surface area contributed by atoms with E-state index in [0.717, 1.165) is 0 Å². The normalized spacial score (nSPS) is 39.4. The summed E-state index contributed by atoms with van der Waals surface area (Å²) in [6.07, 6.45) is -5.14. The van der Waals surface area contributed by atoms with E-state index in [0.29, 0.717) is 0 Å². The summed E-state index contributed by atoms with van der Waals surface area (Å²) in [5.41, 5.74) is 8.20. The van der Waals surface area contributed by atoms with Gasteiger partial charge in [-0.3, -0.25) is 0 Å². The van der Waals surface area contributed by atoms with Crippen LogP contribution in [-0.2, 0) is 9.47 Å². The summed E-state index contributed by atoms with van der Waals surface area (Å²) in [5.74, 6) is -0.0683. The Morgan fingerprint density at radius 1 is 0.833 bits per heavy atom. The Balaban J connectivity index is -0.000000121. The molecular formula is C13H23Ac5Br2N3O7. The van der Waals surface area contributed by atoms with Crippen molar-refractivity contribution in [2.75, 3.05) is 6.61 Å². The summed E-state index contributed by atoms with van der Waals surface area (Å²) in [5, 5.41) is 48.9. The van der Waals surface area contributed by atoms with E-state index >= 15 is 0 Å². The van der Waals surface area contributed by atoms with Crippen LogP contribution in [0.25, 0.3) is 10.4 Å². The number of ether oxygens (including phenoxy) is 2. The monoisotopic (exact) mass is 1630 g/mol. The molecule has 3 unspecified atom stereocenters. The number of hydrogen-bond acceptors (Lipinski definition) is 8. The number of rotatable bonds is 2. The Hall–Kier alpha value is 7.20. The molecule has 2 saturated heterocycles. The van der Waals surface area contributed by atoms with E-state index in [4.69, 9.17) is 20.1 Å². The van der Waals surface area contributed by atoms with Crippen LogP contribution in [-0.4, -0.2) is 84.8 Å². The Morgan fingerprint density at radius 3 is 1.77 bits per heavy atom. The summed E-state index contributed by atoms with van der Waals surface area (Å²) >= 11 is 6.30. The maximum atomic E-state index is 9.50. The van der Waals surface area contributed by atoms with Gasteiger partial charge in [-0.1, -0.05) is 43.9 Å². The van der Waals surface area contributed by atoms with Crippen LogP contribution in [0.4, 0.5) is 0 Å². The van der Waals surface area contributed by atoms with Gasteiger partial charge in [0.15, 0.2) is 0 Å². The molecule has 2 aliphatic rings. The van der Waals surface area contributed by atoms with Crippen LogP contribution in [0, 0.1) is 226 Å². The topological polar surface area (TPSA) is 168 Å². The fraction of sp³-hybridized carbons (Fsp3) is 1.00. The first kappa shape index (κ1) is 47.0. The Kier molecular flexibility index (Phi) is 39.5. The SMILES string of the molecule is CC1C(Br)O[C@@H](C)[C@H](O)[C@H]1O.[Ac].[Ac].[Ac].[Ac].[Ac].[N-]=[N+]=N[C@H]1C(Br)O[C@H](CO)[C@H](O)[C@@H]1O. The molecule has 10 nitrogen and oxygen atoms in total. The molecule has 17 heteroatoms. The van der Waals surface area contributed by atoms with Gasteiger partial charge >= 0.3 is 0 Å². The van der Waals surface area contributed by atoms with Gasteiger partial charge in [0.05, 0.1) is 24.9 Å². The number of aliphatic hydroxyl groups is 5. The number of alkyl halides is 2. The molecule has 0 aromatic heterocycles. The zero-order valence-corrected chi connectivity index (χ0v) is 43.4. The third-order valence-electron chi connectivity index (χ3n) is 4.15. The molecule has 161 valence electrons. The number of hydrogen-bond donors (Lipinski definition) is 5. The first-order chi connectivity index (χ1) is 11.6. The van der Waals surface area contributed by atoms with Crippen molar-refractivity contribution in [1.29, 1.82) is 0 Å². The molecule has 2 heterocycles. The second-order valence-electron chi connectivity index (χ2n) is 5.92. The van der Waals surface area contributed by atoms with Gasteiger partial charge in [0.1, 0.15) is 34.4 Å². The van der Waals surface area contributed by atoms with Gasteiger partial charge in [-0.25, -0.2) is 0 Å². The molecule has 10 atom stereocenters. The summed E-state index contributed by atoms with van der Waals surface area (Å²) in [6, 6.07) is -0.905. The first-order valence-corrected chi connectivity index (χ1v) is 9.45. The number of aliphatic hydroxyl groups excluding tert-OH is 5. The average Bonchev–Trinajstić information content (AvgIpc) is 2.58. The first-order valence-electron chi connectivity index (χ1n) is 7.62. The summed E-state index contributed by atoms with van der Waals surface area (Å²) in [4.78, 5) is 2.53. The van der Waals surface area contributed by atoms with Crippen molar-refractivity contribution < 1.29 is 255 Å².